The van der Waals surface area contributed by atoms with Crippen molar-refractivity contribution in [2.75, 3.05) is 13.2 Å². The molecule has 0 radical (unpaired) electrons. The molecule has 21 heavy (non-hydrogen) atoms. The molecule has 0 aliphatic rings. The summed E-state index contributed by atoms with van der Waals surface area (Å²) in [6.45, 7) is 4.59. The van der Waals surface area contributed by atoms with Crippen molar-refractivity contribution in [2.24, 2.45) is 0 Å². The third-order valence-corrected chi connectivity index (χ3v) is 3.76. The molecule has 2 N–H and O–H groups in total. The van der Waals surface area contributed by atoms with Crippen LogP contribution in [0.1, 0.15) is 110 Å². The molecule has 0 unspecified atom stereocenters. The first-order chi connectivity index (χ1) is 10.3. The molecular weight excluding hydrogens is 260 g/mol. The minimum absolute atomic E-state index is 0.250. The zero-order chi connectivity index (χ0) is 16.0. The Bertz CT molecular complexity index is 133. The third-order valence-electron chi connectivity index (χ3n) is 3.76. The molecule has 0 saturated carbocycles. The minimum atomic E-state index is 0.250. The molecule has 0 heterocycles. The van der Waals surface area contributed by atoms with Crippen LogP contribution in [0.15, 0.2) is 0 Å². The molecule has 0 fully saturated rings. The summed E-state index contributed by atoms with van der Waals surface area (Å²) in [5.41, 5.74) is 0. The van der Waals surface area contributed by atoms with Crippen molar-refractivity contribution in [3.63, 3.8) is 0 Å². The molecule has 0 aromatic carbocycles. The Morgan fingerprint density at radius 1 is 0.429 bits per heavy atom. The summed E-state index contributed by atoms with van der Waals surface area (Å²) in [6.07, 6.45) is 20.7. The van der Waals surface area contributed by atoms with Crippen molar-refractivity contribution in [1.82, 2.24) is 0 Å². The van der Waals surface area contributed by atoms with Crippen molar-refractivity contribution >= 4 is 0 Å². The second-order valence-corrected chi connectivity index (χ2v) is 5.99. The largest absolute Gasteiger partial charge is 0.397 e. The Morgan fingerprint density at radius 3 is 0.905 bits per heavy atom. The fourth-order valence-corrected chi connectivity index (χ4v) is 2.48. The van der Waals surface area contributed by atoms with Gasteiger partial charge < -0.3 is 10.2 Å². The Hall–Kier alpha value is -0.0800. The zero-order valence-electron chi connectivity index (χ0n) is 14.9. The summed E-state index contributed by atoms with van der Waals surface area (Å²) in [7, 11) is 0. The first kappa shape index (κ1) is 23.2. The highest BCUT2D eigenvalue weighted by molar-refractivity contribution is 4.49. The topological polar surface area (TPSA) is 40.5 Å². The Morgan fingerprint density at radius 2 is 0.667 bits per heavy atom. The van der Waals surface area contributed by atoms with E-state index in [1.54, 1.807) is 6.92 Å². The molecule has 0 bridgehead atoms. The quantitative estimate of drug-likeness (QED) is 0.373. The Kier molecular flexibility index (Phi) is 27.5. The van der Waals surface area contributed by atoms with Crippen LogP contribution in [0.2, 0.25) is 0 Å². The van der Waals surface area contributed by atoms with E-state index in [9.17, 15) is 0 Å². The number of hydrogen-bond acceptors (Lipinski definition) is 2. The monoisotopic (exact) mass is 302 g/mol. The van der Waals surface area contributed by atoms with E-state index < -0.39 is 0 Å². The highest BCUT2D eigenvalue weighted by Gasteiger charge is 1.93. The van der Waals surface area contributed by atoms with Gasteiger partial charge in [0.1, 0.15) is 0 Å². The van der Waals surface area contributed by atoms with Crippen LogP contribution in [0.5, 0.6) is 0 Å². The van der Waals surface area contributed by atoms with Crippen molar-refractivity contribution in [3.8, 4) is 0 Å². The van der Waals surface area contributed by atoms with Gasteiger partial charge in [0.05, 0.1) is 0 Å². The highest BCUT2D eigenvalue weighted by Crippen LogP contribution is 2.13. The van der Waals surface area contributed by atoms with E-state index in [1.807, 2.05) is 0 Å². The van der Waals surface area contributed by atoms with E-state index in [-0.39, 0.29) is 6.61 Å². The fourth-order valence-electron chi connectivity index (χ4n) is 2.48. The van der Waals surface area contributed by atoms with Gasteiger partial charge >= 0.3 is 0 Å². The Balaban J connectivity index is 0. The summed E-state index contributed by atoms with van der Waals surface area (Å²) < 4.78 is 0. The van der Waals surface area contributed by atoms with Crippen LogP contribution in [-0.2, 0) is 0 Å². The van der Waals surface area contributed by atoms with Crippen LogP contribution in [0.25, 0.3) is 0 Å². The summed E-state index contributed by atoms with van der Waals surface area (Å²) in [6, 6.07) is 0. The number of hydrogen-bond donors (Lipinski definition) is 2. The lowest BCUT2D eigenvalue weighted by Crippen LogP contribution is -1.85. The fraction of sp³-hybridized carbons (Fsp3) is 1.00. The minimum Gasteiger partial charge on any atom is -0.397 e. The maximum absolute atomic E-state index is 8.66. The van der Waals surface area contributed by atoms with Crippen LogP contribution in [0.4, 0.5) is 0 Å². The van der Waals surface area contributed by atoms with E-state index in [2.05, 4.69) is 6.92 Å². The molecular formula is C19H42O2. The van der Waals surface area contributed by atoms with Gasteiger partial charge in [-0.15, -0.1) is 0 Å². The molecule has 0 amide bonds. The maximum Gasteiger partial charge on any atom is 0.0431 e. The standard InChI is InChI=1S/C17H36O.C2H6O/c1-2-3-4-5-6-7-8-9-10-11-12-13-14-15-16-17-18;1-2-3/h18H,2-17H2,1H3;3H,2H2,1H3. The van der Waals surface area contributed by atoms with Crippen molar-refractivity contribution in [2.45, 2.75) is 110 Å². The SMILES string of the molecule is CCCCCCCCCCCCCCCCCO.CCO. The molecule has 0 aromatic heterocycles. The molecule has 2 heteroatoms. The van der Waals surface area contributed by atoms with E-state index in [4.69, 9.17) is 10.2 Å². The van der Waals surface area contributed by atoms with Gasteiger partial charge in [0.25, 0.3) is 0 Å². The molecule has 130 valence electrons. The van der Waals surface area contributed by atoms with Crippen LogP contribution in [0.3, 0.4) is 0 Å². The maximum atomic E-state index is 8.66. The first-order valence-electron chi connectivity index (χ1n) is 9.55. The van der Waals surface area contributed by atoms with Gasteiger partial charge in [-0.2, -0.15) is 0 Å². The van der Waals surface area contributed by atoms with Gasteiger partial charge in [0.15, 0.2) is 0 Å². The van der Waals surface area contributed by atoms with Crippen LogP contribution in [-0.4, -0.2) is 23.4 Å². The van der Waals surface area contributed by atoms with Gasteiger partial charge in [-0.05, 0) is 13.3 Å². The summed E-state index contributed by atoms with van der Waals surface area (Å²) in [4.78, 5) is 0. The van der Waals surface area contributed by atoms with E-state index in [0.717, 1.165) is 6.42 Å². The Labute approximate surface area is 134 Å². The average molecular weight is 303 g/mol. The van der Waals surface area contributed by atoms with E-state index in [0.29, 0.717) is 6.61 Å². The van der Waals surface area contributed by atoms with Crippen molar-refractivity contribution in [3.05, 3.63) is 0 Å². The summed E-state index contributed by atoms with van der Waals surface area (Å²) in [5, 5.41) is 16.2. The molecule has 0 aliphatic heterocycles. The predicted molar refractivity (Wildman–Crippen MR) is 94.8 cm³/mol. The zero-order valence-corrected chi connectivity index (χ0v) is 14.9. The number of unbranched alkanes of at least 4 members (excludes halogenated alkanes) is 14. The van der Waals surface area contributed by atoms with Crippen molar-refractivity contribution < 1.29 is 10.2 Å². The number of aliphatic hydroxyl groups is 2. The molecule has 0 atom stereocenters. The number of rotatable bonds is 15. The lowest BCUT2D eigenvalue weighted by Gasteiger charge is -2.02. The van der Waals surface area contributed by atoms with Crippen LogP contribution < -0.4 is 0 Å². The van der Waals surface area contributed by atoms with Gasteiger partial charge in [-0.3, -0.25) is 0 Å². The van der Waals surface area contributed by atoms with Gasteiger partial charge in [0.2, 0.25) is 0 Å². The molecule has 2 nitrogen and oxygen atoms in total. The second kappa shape index (κ2) is 24.9. The normalized spacial score (nSPS) is 10.3. The number of aliphatic hydroxyl groups excluding tert-OH is 2. The van der Waals surface area contributed by atoms with Crippen LogP contribution >= 0.6 is 0 Å². The highest BCUT2D eigenvalue weighted by atomic mass is 16.3. The van der Waals surface area contributed by atoms with Gasteiger partial charge in [-0.25, -0.2) is 0 Å². The van der Waals surface area contributed by atoms with E-state index in [1.165, 1.54) is 89.9 Å². The summed E-state index contributed by atoms with van der Waals surface area (Å²) in [5.74, 6) is 0. The van der Waals surface area contributed by atoms with Gasteiger partial charge in [-0.1, -0.05) is 96.8 Å². The van der Waals surface area contributed by atoms with Crippen molar-refractivity contribution in [1.29, 1.82) is 0 Å². The molecule has 0 aromatic rings. The molecule has 0 saturated heterocycles. The van der Waals surface area contributed by atoms with E-state index >= 15 is 0 Å². The summed E-state index contributed by atoms with van der Waals surface area (Å²) >= 11 is 0. The smallest absolute Gasteiger partial charge is 0.0431 e. The molecule has 0 spiro atoms. The predicted octanol–water partition coefficient (Wildman–Crippen LogP) is 5.85. The first-order valence-corrected chi connectivity index (χ1v) is 9.55. The third kappa shape index (κ3) is 28.7. The molecule has 0 aliphatic carbocycles. The average Bonchev–Trinajstić information content (AvgIpc) is 2.48. The lowest BCUT2D eigenvalue weighted by atomic mass is 10.0. The van der Waals surface area contributed by atoms with Crippen LogP contribution in [0, 0.1) is 0 Å². The lowest BCUT2D eigenvalue weighted by molar-refractivity contribution is 0.282. The molecule has 0 rings (SSSR count). The second-order valence-electron chi connectivity index (χ2n) is 5.99. The van der Waals surface area contributed by atoms with Gasteiger partial charge in [0, 0.05) is 13.2 Å².